The molecule has 1 aromatic heterocycles. The molecule has 0 aliphatic rings. The van der Waals surface area contributed by atoms with E-state index >= 15 is 0 Å². The van der Waals surface area contributed by atoms with E-state index in [1.165, 1.54) is 27.8 Å². The third-order valence-corrected chi connectivity index (χ3v) is 5.61. The van der Waals surface area contributed by atoms with E-state index in [9.17, 15) is 0 Å². The highest BCUT2D eigenvalue weighted by atomic mass is 16.5. The molecule has 0 atom stereocenters. The lowest BCUT2D eigenvalue weighted by Gasteiger charge is -2.15. The van der Waals surface area contributed by atoms with Gasteiger partial charge in [-0.3, -0.25) is 0 Å². The predicted molar refractivity (Wildman–Crippen MR) is 129 cm³/mol. The number of nitrogens with zero attached hydrogens (tertiary/aromatic N) is 3. The molecule has 0 unspecified atom stereocenters. The van der Waals surface area contributed by atoms with Crippen molar-refractivity contribution in [3.8, 4) is 17.1 Å². The maximum atomic E-state index is 6.03. The first kappa shape index (κ1) is 21.1. The molecule has 1 heterocycles. The molecule has 4 rings (SSSR count). The average molecular weight is 414 g/mol. The third kappa shape index (κ3) is 4.64. The minimum atomic E-state index is 0.661. The summed E-state index contributed by atoms with van der Waals surface area (Å²) in [6.07, 6.45) is 0. The monoisotopic (exact) mass is 413 g/mol. The summed E-state index contributed by atoms with van der Waals surface area (Å²) in [6.45, 7) is 8.81. The van der Waals surface area contributed by atoms with Crippen LogP contribution in [0.1, 0.15) is 22.3 Å². The standard InChI is InChI=1S/C27H31N3O/c1-19-15-20(2)26(21(3)16-19)27-28-24-12-11-23(31-14-13-29(4)5)17-25(24)30(27)18-22-9-7-6-8-10-22/h6-12,15-17H,13-14,18H2,1-5H3. The Balaban J connectivity index is 1.84. The van der Waals surface area contributed by atoms with E-state index in [0.717, 1.165) is 35.7 Å². The average Bonchev–Trinajstić information content (AvgIpc) is 3.05. The zero-order valence-electron chi connectivity index (χ0n) is 19.1. The lowest BCUT2D eigenvalue weighted by molar-refractivity contribution is 0.261. The maximum Gasteiger partial charge on any atom is 0.141 e. The second kappa shape index (κ2) is 8.94. The molecule has 0 saturated heterocycles. The Morgan fingerprint density at radius 1 is 0.903 bits per heavy atom. The number of hydrogen-bond acceptors (Lipinski definition) is 3. The number of aromatic nitrogens is 2. The van der Waals surface area contributed by atoms with Gasteiger partial charge in [-0.15, -0.1) is 0 Å². The quantitative estimate of drug-likeness (QED) is 0.394. The Hall–Kier alpha value is -3.11. The van der Waals surface area contributed by atoms with Gasteiger partial charge in [-0.1, -0.05) is 48.0 Å². The fourth-order valence-corrected chi connectivity index (χ4v) is 4.19. The van der Waals surface area contributed by atoms with Gasteiger partial charge < -0.3 is 14.2 Å². The molecular weight excluding hydrogens is 382 g/mol. The van der Waals surface area contributed by atoms with Gasteiger partial charge in [0.15, 0.2) is 0 Å². The van der Waals surface area contributed by atoms with E-state index in [2.05, 4.69) is 98.9 Å². The van der Waals surface area contributed by atoms with Crippen LogP contribution in [0.4, 0.5) is 0 Å². The van der Waals surface area contributed by atoms with Crippen LogP contribution in [0.25, 0.3) is 22.4 Å². The first-order valence-corrected chi connectivity index (χ1v) is 10.8. The zero-order valence-corrected chi connectivity index (χ0v) is 19.1. The Kier molecular flexibility index (Phi) is 6.10. The summed E-state index contributed by atoms with van der Waals surface area (Å²) >= 11 is 0. The number of ether oxygens (including phenoxy) is 1. The highest BCUT2D eigenvalue weighted by Gasteiger charge is 2.18. The van der Waals surface area contributed by atoms with Gasteiger partial charge in [0, 0.05) is 24.7 Å². The van der Waals surface area contributed by atoms with Crippen LogP contribution < -0.4 is 4.74 Å². The number of fused-ring (bicyclic) bond motifs is 1. The lowest BCUT2D eigenvalue weighted by atomic mass is 9.99. The van der Waals surface area contributed by atoms with Crippen LogP contribution in [-0.4, -0.2) is 41.7 Å². The first-order chi connectivity index (χ1) is 14.9. The van der Waals surface area contributed by atoms with Crippen molar-refractivity contribution in [2.45, 2.75) is 27.3 Å². The van der Waals surface area contributed by atoms with Crippen molar-refractivity contribution in [1.29, 1.82) is 0 Å². The summed E-state index contributed by atoms with van der Waals surface area (Å²) in [5.41, 5.74) is 8.35. The predicted octanol–water partition coefficient (Wildman–Crippen LogP) is 5.62. The minimum Gasteiger partial charge on any atom is -0.492 e. The fourth-order valence-electron chi connectivity index (χ4n) is 4.19. The lowest BCUT2D eigenvalue weighted by Crippen LogP contribution is -2.19. The summed E-state index contributed by atoms with van der Waals surface area (Å²) in [4.78, 5) is 7.20. The largest absolute Gasteiger partial charge is 0.492 e. The fraction of sp³-hybridized carbons (Fsp3) is 0.296. The van der Waals surface area contributed by atoms with Crippen molar-refractivity contribution in [3.63, 3.8) is 0 Å². The number of likely N-dealkylation sites (N-methyl/N-ethyl adjacent to an activating group) is 1. The van der Waals surface area contributed by atoms with Crippen molar-refractivity contribution in [2.75, 3.05) is 27.2 Å². The topological polar surface area (TPSA) is 30.3 Å². The summed E-state index contributed by atoms with van der Waals surface area (Å²) in [5, 5.41) is 0. The second-order valence-corrected chi connectivity index (χ2v) is 8.58. The molecule has 31 heavy (non-hydrogen) atoms. The molecule has 4 heteroatoms. The molecule has 0 aliphatic carbocycles. The van der Waals surface area contributed by atoms with E-state index in [1.54, 1.807) is 0 Å². The summed E-state index contributed by atoms with van der Waals surface area (Å²) in [7, 11) is 4.11. The highest BCUT2D eigenvalue weighted by molar-refractivity contribution is 5.83. The molecule has 0 aliphatic heterocycles. The van der Waals surface area contributed by atoms with Gasteiger partial charge in [0.1, 0.15) is 18.2 Å². The van der Waals surface area contributed by atoms with Crippen LogP contribution in [-0.2, 0) is 6.54 Å². The number of rotatable bonds is 7. The van der Waals surface area contributed by atoms with Crippen LogP contribution >= 0.6 is 0 Å². The molecule has 4 nitrogen and oxygen atoms in total. The summed E-state index contributed by atoms with van der Waals surface area (Å²) in [5.74, 6) is 1.90. The van der Waals surface area contributed by atoms with Gasteiger partial charge >= 0.3 is 0 Å². The maximum absolute atomic E-state index is 6.03. The molecular formula is C27H31N3O. The summed E-state index contributed by atoms with van der Waals surface area (Å²) in [6, 6.07) is 21.3. The van der Waals surface area contributed by atoms with Crippen molar-refractivity contribution >= 4 is 11.0 Å². The van der Waals surface area contributed by atoms with Crippen LogP contribution in [0.2, 0.25) is 0 Å². The number of aryl methyl sites for hydroxylation is 3. The third-order valence-electron chi connectivity index (χ3n) is 5.61. The SMILES string of the molecule is Cc1cc(C)c(-c2nc3ccc(OCCN(C)C)cc3n2Cc2ccccc2)c(C)c1. The molecule has 4 aromatic rings. The molecule has 0 radical (unpaired) electrons. The van der Waals surface area contributed by atoms with Gasteiger partial charge in [-0.2, -0.15) is 0 Å². The Morgan fingerprint density at radius 2 is 1.61 bits per heavy atom. The minimum absolute atomic E-state index is 0.661. The molecule has 0 spiro atoms. The van der Waals surface area contributed by atoms with E-state index in [4.69, 9.17) is 9.72 Å². The molecule has 160 valence electrons. The van der Waals surface area contributed by atoms with Crippen LogP contribution in [0.5, 0.6) is 5.75 Å². The summed E-state index contributed by atoms with van der Waals surface area (Å²) < 4.78 is 8.35. The Bertz CT molecular complexity index is 1170. The molecule has 0 fully saturated rings. The van der Waals surface area contributed by atoms with Gasteiger partial charge in [-0.05, 0) is 63.7 Å². The zero-order chi connectivity index (χ0) is 22.0. The highest BCUT2D eigenvalue weighted by Crippen LogP contribution is 2.33. The van der Waals surface area contributed by atoms with Crippen LogP contribution in [0.15, 0.2) is 60.7 Å². The molecule has 0 saturated carbocycles. The van der Waals surface area contributed by atoms with Crippen LogP contribution in [0.3, 0.4) is 0 Å². The second-order valence-electron chi connectivity index (χ2n) is 8.58. The van der Waals surface area contributed by atoms with Crippen molar-refractivity contribution in [2.24, 2.45) is 0 Å². The van der Waals surface area contributed by atoms with Crippen LogP contribution in [0, 0.1) is 20.8 Å². The van der Waals surface area contributed by atoms with Gasteiger partial charge in [0.25, 0.3) is 0 Å². The number of benzene rings is 3. The Labute approximate surface area is 185 Å². The van der Waals surface area contributed by atoms with Gasteiger partial charge in [-0.25, -0.2) is 4.98 Å². The molecule has 0 amide bonds. The van der Waals surface area contributed by atoms with E-state index in [0.29, 0.717) is 6.61 Å². The molecule has 0 N–H and O–H groups in total. The van der Waals surface area contributed by atoms with E-state index in [1.807, 2.05) is 6.07 Å². The smallest absolute Gasteiger partial charge is 0.141 e. The van der Waals surface area contributed by atoms with E-state index < -0.39 is 0 Å². The van der Waals surface area contributed by atoms with E-state index in [-0.39, 0.29) is 0 Å². The van der Waals surface area contributed by atoms with Crippen molar-refractivity contribution in [3.05, 3.63) is 82.9 Å². The van der Waals surface area contributed by atoms with Crippen molar-refractivity contribution in [1.82, 2.24) is 14.5 Å². The number of imidazole rings is 1. The molecule has 3 aromatic carbocycles. The molecule has 0 bridgehead atoms. The van der Waals surface area contributed by atoms with Gasteiger partial charge in [0.2, 0.25) is 0 Å². The van der Waals surface area contributed by atoms with Crippen molar-refractivity contribution < 1.29 is 4.74 Å². The number of hydrogen-bond donors (Lipinski definition) is 0. The first-order valence-electron chi connectivity index (χ1n) is 10.8. The normalized spacial score (nSPS) is 11.4. The van der Waals surface area contributed by atoms with Gasteiger partial charge in [0.05, 0.1) is 11.0 Å². The Morgan fingerprint density at radius 3 is 2.29 bits per heavy atom.